The van der Waals surface area contributed by atoms with Crippen molar-refractivity contribution in [1.29, 1.82) is 0 Å². The first-order valence-electron chi connectivity index (χ1n) is 10.7. The van der Waals surface area contributed by atoms with Gasteiger partial charge in [-0.25, -0.2) is 17.5 Å². The summed E-state index contributed by atoms with van der Waals surface area (Å²) in [6.07, 6.45) is 1.71. The average Bonchev–Trinajstić information content (AvgIpc) is 2.76. The molecule has 6 nitrogen and oxygen atoms in total. The summed E-state index contributed by atoms with van der Waals surface area (Å²) in [7, 11) is -3.46. The molecular weight excluding hydrogens is 419 g/mol. The van der Waals surface area contributed by atoms with Crippen LogP contribution in [0.3, 0.4) is 0 Å². The van der Waals surface area contributed by atoms with Crippen LogP contribution >= 0.6 is 0 Å². The van der Waals surface area contributed by atoms with Gasteiger partial charge in [0.05, 0.1) is 24.8 Å². The van der Waals surface area contributed by atoms with Crippen LogP contribution in [0, 0.1) is 5.82 Å². The van der Waals surface area contributed by atoms with E-state index in [9.17, 15) is 13.2 Å². The van der Waals surface area contributed by atoms with Crippen molar-refractivity contribution in [3.05, 3.63) is 53.8 Å². The Morgan fingerprint density at radius 2 is 1.94 bits per heavy atom. The summed E-state index contributed by atoms with van der Waals surface area (Å²) >= 11 is 0. The van der Waals surface area contributed by atoms with Crippen LogP contribution in [0.15, 0.2) is 42.5 Å². The van der Waals surface area contributed by atoms with Crippen LogP contribution in [0.2, 0.25) is 0 Å². The molecule has 2 aromatic carbocycles. The van der Waals surface area contributed by atoms with Gasteiger partial charge in [0, 0.05) is 23.7 Å². The van der Waals surface area contributed by atoms with Gasteiger partial charge in [-0.2, -0.15) is 0 Å². The minimum atomic E-state index is -3.46. The molecule has 0 spiro atoms. The second-order valence-corrected chi connectivity index (χ2v) is 10.0. The summed E-state index contributed by atoms with van der Waals surface area (Å²) < 4.78 is 48.8. The lowest BCUT2D eigenvalue weighted by Crippen LogP contribution is -2.58. The Labute approximate surface area is 182 Å². The molecule has 1 saturated heterocycles. The molecule has 0 saturated carbocycles. The third-order valence-corrected chi connectivity index (χ3v) is 7.49. The van der Waals surface area contributed by atoms with E-state index in [0.717, 1.165) is 0 Å². The predicted molar refractivity (Wildman–Crippen MR) is 117 cm³/mol. The highest BCUT2D eigenvalue weighted by molar-refractivity contribution is 7.89. The average molecular weight is 447 g/mol. The molecule has 2 aliphatic heterocycles. The molecule has 2 aromatic rings. The maximum absolute atomic E-state index is 15.6. The Bertz CT molecular complexity index is 1070. The van der Waals surface area contributed by atoms with Gasteiger partial charge in [-0.05, 0) is 37.8 Å². The lowest BCUT2D eigenvalue weighted by molar-refractivity contribution is -0.136. The molecule has 166 valence electrons. The number of carbonyl (C=O) groups excluding carboxylic acids is 1. The Morgan fingerprint density at radius 1 is 1.16 bits per heavy atom. The van der Waals surface area contributed by atoms with Gasteiger partial charge in [0.1, 0.15) is 11.6 Å². The number of fused-ring (bicyclic) bond motifs is 5. The molecule has 8 heteroatoms. The molecule has 2 atom stereocenters. The number of para-hydroxylation sites is 1. The maximum Gasteiger partial charge on any atom is 0.226 e. The number of hydrogen-bond donors (Lipinski definition) is 1. The van der Waals surface area contributed by atoms with Crippen molar-refractivity contribution < 1.29 is 22.3 Å². The number of halogens is 1. The van der Waals surface area contributed by atoms with Crippen molar-refractivity contribution in [2.75, 3.05) is 18.9 Å². The van der Waals surface area contributed by atoms with E-state index in [-0.39, 0.29) is 36.9 Å². The zero-order chi connectivity index (χ0) is 22.0. The van der Waals surface area contributed by atoms with E-state index in [2.05, 4.69) is 4.72 Å². The Morgan fingerprint density at radius 3 is 2.74 bits per heavy atom. The monoisotopic (exact) mass is 446 g/mol. The van der Waals surface area contributed by atoms with Crippen LogP contribution in [0.5, 0.6) is 5.75 Å². The van der Waals surface area contributed by atoms with Gasteiger partial charge >= 0.3 is 0 Å². The lowest BCUT2D eigenvalue weighted by atomic mass is 9.89. The predicted octanol–water partition coefficient (Wildman–Crippen LogP) is 3.12. The number of benzene rings is 2. The maximum atomic E-state index is 15.6. The first-order valence-corrected chi connectivity index (χ1v) is 12.3. The number of nitrogens with one attached hydrogen (secondary N) is 1. The number of nitrogens with zero attached hydrogens (tertiary/aromatic N) is 1. The highest BCUT2D eigenvalue weighted by Crippen LogP contribution is 2.34. The molecule has 4 rings (SSSR count). The highest BCUT2D eigenvalue weighted by atomic mass is 32.2. The Kier molecular flexibility index (Phi) is 6.29. The van der Waals surface area contributed by atoms with Gasteiger partial charge in [-0.3, -0.25) is 4.79 Å². The SMILES string of the molecule is CCS(=O)(=O)N[C@H]1CCCN2C(=O)CCOc3ccccc3-c3cccc(c3F)C[C@@H]12. The second kappa shape index (κ2) is 8.96. The fourth-order valence-corrected chi connectivity index (χ4v) is 5.35. The Balaban J connectivity index is 1.78. The summed E-state index contributed by atoms with van der Waals surface area (Å²) in [4.78, 5) is 14.7. The minimum absolute atomic E-state index is 0.0430. The molecule has 0 radical (unpaired) electrons. The highest BCUT2D eigenvalue weighted by Gasteiger charge is 2.37. The fourth-order valence-electron chi connectivity index (χ4n) is 4.45. The van der Waals surface area contributed by atoms with Gasteiger partial charge < -0.3 is 9.64 Å². The van der Waals surface area contributed by atoms with Gasteiger partial charge in [0.2, 0.25) is 15.9 Å². The topological polar surface area (TPSA) is 75.7 Å². The van der Waals surface area contributed by atoms with Crippen molar-refractivity contribution in [3.63, 3.8) is 0 Å². The van der Waals surface area contributed by atoms with E-state index in [1.54, 1.807) is 42.2 Å². The van der Waals surface area contributed by atoms with Crippen molar-refractivity contribution in [2.45, 2.75) is 44.7 Å². The molecule has 0 aromatic heterocycles. The van der Waals surface area contributed by atoms with Crippen LogP contribution in [0.4, 0.5) is 4.39 Å². The number of amides is 1. The molecular formula is C23H27FN2O4S. The van der Waals surface area contributed by atoms with Crippen LogP contribution in [-0.4, -0.2) is 50.2 Å². The number of ether oxygens (including phenoxy) is 1. The van der Waals surface area contributed by atoms with E-state index >= 15 is 4.39 Å². The number of carbonyl (C=O) groups is 1. The number of piperidine rings is 1. The molecule has 0 aliphatic carbocycles. The molecule has 2 heterocycles. The molecule has 1 fully saturated rings. The standard InChI is InChI=1S/C23H27FN2O4S/c1-2-31(28,29)25-19-10-6-13-26-20(19)15-16-7-5-9-18(23(16)24)17-8-3-4-11-21(17)30-14-12-22(26)27/h3-5,7-9,11,19-20,25H,2,6,10,12-15H2,1H3/t19-,20-/m0/s1. The Hall–Kier alpha value is -2.45. The lowest BCUT2D eigenvalue weighted by Gasteiger charge is -2.42. The third kappa shape index (κ3) is 4.60. The minimum Gasteiger partial charge on any atom is -0.492 e. The fraction of sp³-hybridized carbons (Fsp3) is 0.435. The summed E-state index contributed by atoms with van der Waals surface area (Å²) in [5.41, 5.74) is 1.53. The van der Waals surface area contributed by atoms with Crippen LogP contribution < -0.4 is 9.46 Å². The van der Waals surface area contributed by atoms with Crippen LogP contribution in [0.1, 0.15) is 31.7 Å². The molecule has 1 N–H and O–H groups in total. The van der Waals surface area contributed by atoms with E-state index in [1.165, 1.54) is 0 Å². The molecule has 2 aliphatic rings. The molecule has 0 unspecified atom stereocenters. The zero-order valence-corrected chi connectivity index (χ0v) is 18.3. The van der Waals surface area contributed by atoms with Crippen molar-refractivity contribution in [3.8, 4) is 16.9 Å². The second-order valence-electron chi connectivity index (χ2n) is 8.00. The summed E-state index contributed by atoms with van der Waals surface area (Å²) in [6, 6.07) is 11.5. The number of rotatable bonds is 3. The van der Waals surface area contributed by atoms with Gasteiger partial charge in [-0.15, -0.1) is 0 Å². The quantitative estimate of drug-likeness (QED) is 0.786. The summed E-state index contributed by atoms with van der Waals surface area (Å²) in [6.45, 7) is 2.27. The number of hydrogen-bond acceptors (Lipinski definition) is 4. The molecule has 1 amide bonds. The first-order chi connectivity index (χ1) is 14.9. The van der Waals surface area contributed by atoms with E-state index in [0.29, 0.717) is 41.8 Å². The smallest absolute Gasteiger partial charge is 0.226 e. The van der Waals surface area contributed by atoms with Crippen molar-refractivity contribution in [2.24, 2.45) is 0 Å². The molecule has 31 heavy (non-hydrogen) atoms. The number of sulfonamides is 1. The third-order valence-electron chi connectivity index (χ3n) is 6.07. The normalized spacial score (nSPS) is 21.9. The van der Waals surface area contributed by atoms with Crippen molar-refractivity contribution in [1.82, 2.24) is 9.62 Å². The molecule has 2 bridgehead atoms. The largest absolute Gasteiger partial charge is 0.492 e. The van der Waals surface area contributed by atoms with Gasteiger partial charge in [0.25, 0.3) is 0 Å². The van der Waals surface area contributed by atoms with Gasteiger partial charge in [0.15, 0.2) is 0 Å². The summed E-state index contributed by atoms with van der Waals surface area (Å²) in [5, 5.41) is 0. The van der Waals surface area contributed by atoms with E-state index in [4.69, 9.17) is 4.74 Å². The van der Waals surface area contributed by atoms with Crippen molar-refractivity contribution >= 4 is 15.9 Å². The van der Waals surface area contributed by atoms with Gasteiger partial charge in [-0.1, -0.05) is 36.4 Å². The first kappa shape index (κ1) is 21.8. The van der Waals surface area contributed by atoms with E-state index in [1.807, 2.05) is 12.1 Å². The van der Waals surface area contributed by atoms with Crippen LogP contribution in [0.25, 0.3) is 11.1 Å². The van der Waals surface area contributed by atoms with Crippen LogP contribution in [-0.2, 0) is 21.2 Å². The van der Waals surface area contributed by atoms with E-state index < -0.39 is 22.1 Å². The zero-order valence-electron chi connectivity index (χ0n) is 17.5. The summed E-state index contributed by atoms with van der Waals surface area (Å²) in [5.74, 6) is 0.0171.